The van der Waals surface area contributed by atoms with Gasteiger partial charge in [-0.25, -0.2) is 9.59 Å². The molecular weight excluding hydrogens is 645 g/mol. The SMILES string of the molecule is CC(C)(C)OC(=O)[C@H](NC(=O)c1ccccc1SSc1ccccc1C(=O)N[C@@H](C(=O)OC(C)(C)C)c1ccccc1)c1ccccc1. The normalized spacial score (nSPS) is 12.7. The molecule has 0 unspecified atom stereocenters. The minimum atomic E-state index is -1.02. The topological polar surface area (TPSA) is 111 Å². The van der Waals surface area contributed by atoms with Gasteiger partial charge in [-0.2, -0.15) is 0 Å². The monoisotopic (exact) mass is 684 g/mol. The number of esters is 2. The van der Waals surface area contributed by atoms with Crippen LogP contribution in [0.25, 0.3) is 0 Å². The second kappa shape index (κ2) is 16.0. The van der Waals surface area contributed by atoms with E-state index in [1.165, 1.54) is 21.6 Å². The van der Waals surface area contributed by atoms with Crippen molar-refractivity contribution in [3.63, 3.8) is 0 Å². The molecule has 0 saturated carbocycles. The van der Waals surface area contributed by atoms with E-state index in [0.29, 0.717) is 32.0 Å². The van der Waals surface area contributed by atoms with Gasteiger partial charge in [0.2, 0.25) is 0 Å². The van der Waals surface area contributed by atoms with Gasteiger partial charge < -0.3 is 20.1 Å². The third kappa shape index (κ3) is 10.5. The lowest BCUT2D eigenvalue weighted by molar-refractivity contribution is -0.158. The molecule has 0 aliphatic carbocycles. The van der Waals surface area contributed by atoms with Crippen LogP contribution in [0.2, 0.25) is 0 Å². The third-order valence-corrected chi connectivity index (χ3v) is 9.07. The zero-order valence-corrected chi connectivity index (χ0v) is 29.4. The van der Waals surface area contributed by atoms with Gasteiger partial charge in [-0.05, 0) is 76.9 Å². The number of hydrogen-bond acceptors (Lipinski definition) is 8. The number of carbonyl (C=O) groups is 4. The van der Waals surface area contributed by atoms with E-state index in [2.05, 4.69) is 10.6 Å². The molecule has 4 rings (SSSR count). The quantitative estimate of drug-likeness (QED) is 0.120. The van der Waals surface area contributed by atoms with E-state index in [1.54, 1.807) is 126 Å². The molecule has 0 aliphatic rings. The van der Waals surface area contributed by atoms with Crippen molar-refractivity contribution in [2.75, 3.05) is 0 Å². The molecule has 8 nitrogen and oxygen atoms in total. The van der Waals surface area contributed by atoms with Gasteiger partial charge in [0.05, 0.1) is 11.1 Å². The van der Waals surface area contributed by atoms with Crippen LogP contribution < -0.4 is 10.6 Å². The highest BCUT2D eigenvalue weighted by Gasteiger charge is 2.31. The third-order valence-electron chi connectivity index (χ3n) is 6.59. The highest BCUT2D eigenvalue weighted by molar-refractivity contribution is 8.76. The van der Waals surface area contributed by atoms with Gasteiger partial charge in [-0.15, -0.1) is 0 Å². The molecule has 0 radical (unpaired) electrons. The van der Waals surface area contributed by atoms with Gasteiger partial charge in [0.1, 0.15) is 11.2 Å². The molecule has 2 N–H and O–H groups in total. The summed E-state index contributed by atoms with van der Waals surface area (Å²) in [5.74, 6) is -2.04. The predicted molar refractivity (Wildman–Crippen MR) is 190 cm³/mol. The van der Waals surface area contributed by atoms with Crippen molar-refractivity contribution in [3.05, 3.63) is 131 Å². The molecule has 0 bridgehead atoms. The molecule has 2 atom stereocenters. The predicted octanol–water partition coefficient (Wildman–Crippen LogP) is 8.11. The minimum Gasteiger partial charge on any atom is -0.458 e. The zero-order valence-electron chi connectivity index (χ0n) is 27.8. The summed E-state index contributed by atoms with van der Waals surface area (Å²) in [5, 5.41) is 5.72. The van der Waals surface area contributed by atoms with Crippen LogP contribution in [-0.2, 0) is 19.1 Å². The summed E-state index contributed by atoms with van der Waals surface area (Å²) in [6, 6.07) is 29.9. The molecular formula is C38H40N2O6S2. The number of amides is 2. The first-order valence-corrected chi connectivity index (χ1v) is 17.6. The first kappa shape index (κ1) is 36.3. The van der Waals surface area contributed by atoms with Gasteiger partial charge in [0.25, 0.3) is 11.8 Å². The van der Waals surface area contributed by atoms with Crippen molar-refractivity contribution in [2.24, 2.45) is 0 Å². The van der Waals surface area contributed by atoms with E-state index in [0.717, 1.165) is 0 Å². The molecule has 0 heterocycles. The maximum Gasteiger partial charge on any atom is 0.333 e. The molecule has 0 aromatic heterocycles. The molecule has 10 heteroatoms. The Hall–Kier alpha value is -4.54. The lowest BCUT2D eigenvalue weighted by Gasteiger charge is -2.25. The highest BCUT2D eigenvalue weighted by Crippen LogP contribution is 2.41. The summed E-state index contributed by atoms with van der Waals surface area (Å²) < 4.78 is 11.3. The molecule has 4 aromatic rings. The van der Waals surface area contributed by atoms with E-state index in [4.69, 9.17) is 9.47 Å². The summed E-state index contributed by atoms with van der Waals surface area (Å²) in [5.41, 5.74) is 0.422. The highest BCUT2D eigenvalue weighted by atomic mass is 33.1. The summed E-state index contributed by atoms with van der Waals surface area (Å²) in [6.07, 6.45) is 0. The largest absolute Gasteiger partial charge is 0.458 e. The molecule has 0 saturated heterocycles. The summed E-state index contributed by atoms with van der Waals surface area (Å²) in [7, 11) is 2.60. The number of hydrogen-bond donors (Lipinski definition) is 2. The molecule has 4 aromatic carbocycles. The fourth-order valence-corrected chi connectivity index (χ4v) is 6.89. The van der Waals surface area contributed by atoms with Crippen molar-refractivity contribution in [2.45, 2.75) is 74.6 Å². The lowest BCUT2D eigenvalue weighted by Crippen LogP contribution is -2.38. The summed E-state index contributed by atoms with van der Waals surface area (Å²) in [4.78, 5) is 55.0. The standard InChI is InChI=1S/C38H40N2O6S2/c1-37(2,3)45-35(43)31(25-17-9-7-10-18-25)39-33(41)27-21-13-15-23-29(27)47-48-30-24-16-14-22-28(30)34(42)40-32(26-19-11-8-12-20-26)36(44)46-38(4,5)6/h7-24,31-32H,1-6H3,(H,39,41)(H,40,42)/t31-,32-/m1/s1. The van der Waals surface area contributed by atoms with Gasteiger partial charge >= 0.3 is 11.9 Å². The van der Waals surface area contributed by atoms with Crippen molar-refractivity contribution >= 4 is 45.3 Å². The fourth-order valence-electron chi connectivity index (χ4n) is 4.53. The van der Waals surface area contributed by atoms with E-state index in [1.807, 2.05) is 24.3 Å². The smallest absolute Gasteiger partial charge is 0.333 e. The summed E-state index contributed by atoms with van der Waals surface area (Å²) >= 11 is 0. The first-order chi connectivity index (χ1) is 22.7. The lowest BCUT2D eigenvalue weighted by atomic mass is 10.1. The first-order valence-electron chi connectivity index (χ1n) is 15.4. The zero-order chi connectivity index (χ0) is 34.9. The van der Waals surface area contributed by atoms with E-state index in [9.17, 15) is 19.2 Å². The van der Waals surface area contributed by atoms with Crippen LogP contribution in [0.4, 0.5) is 0 Å². The van der Waals surface area contributed by atoms with Crippen molar-refractivity contribution < 1.29 is 28.7 Å². The number of benzene rings is 4. The van der Waals surface area contributed by atoms with Crippen LogP contribution in [0.1, 0.15) is 85.5 Å². The van der Waals surface area contributed by atoms with Gasteiger partial charge in [-0.3, -0.25) is 9.59 Å². The molecule has 48 heavy (non-hydrogen) atoms. The number of nitrogens with one attached hydrogen (secondary N) is 2. The van der Waals surface area contributed by atoms with E-state index < -0.39 is 47.0 Å². The van der Waals surface area contributed by atoms with E-state index >= 15 is 0 Å². The second-order valence-electron chi connectivity index (χ2n) is 12.9. The second-order valence-corrected chi connectivity index (χ2v) is 15.1. The Balaban J connectivity index is 1.54. The Morgan fingerprint density at radius 2 is 0.812 bits per heavy atom. The Morgan fingerprint density at radius 1 is 0.500 bits per heavy atom. The van der Waals surface area contributed by atoms with Crippen LogP contribution in [0, 0.1) is 0 Å². The Morgan fingerprint density at radius 3 is 1.15 bits per heavy atom. The van der Waals surface area contributed by atoms with Crippen LogP contribution in [0.15, 0.2) is 119 Å². The van der Waals surface area contributed by atoms with Gasteiger partial charge in [0, 0.05) is 9.79 Å². The van der Waals surface area contributed by atoms with Gasteiger partial charge in [-0.1, -0.05) is 107 Å². The molecule has 250 valence electrons. The minimum absolute atomic E-state index is 0.357. The average Bonchev–Trinajstić information content (AvgIpc) is 3.04. The van der Waals surface area contributed by atoms with Crippen LogP contribution in [-0.4, -0.2) is 35.0 Å². The fraction of sp³-hybridized carbons (Fsp3) is 0.263. The number of ether oxygens (including phenoxy) is 2. The van der Waals surface area contributed by atoms with Crippen LogP contribution >= 0.6 is 21.6 Å². The molecule has 0 spiro atoms. The molecule has 0 aliphatic heterocycles. The summed E-state index contributed by atoms with van der Waals surface area (Å²) in [6.45, 7) is 10.6. The molecule has 0 fully saturated rings. The van der Waals surface area contributed by atoms with Crippen LogP contribution in [0.5, 0.6) is 0 Å². The Labute approximate surface area is 289 Å². The van der Waals surface area contributed by atoms with Gasteiger partial charge in [0.15, 0.2) is 12.1 Å². The van der Waals surface area contributed by atoms with Crippen molar-refractivity contribution in [3.8, 4) is 0 Å². The number of carbonyl (C=O) groups excluding carboxylic acids is 4. The maximum atomic E-state index is 13.7. The maximum absolute atomic E-state index is 13.7. The van der Waals surface area contributed by atoms with Crippen LogP contribution in [0.3, 0.4) is 0 Å². The van der Waals surface area contributed by atoms with Crippen molar-refractivity contribution in [1.29, 1.82) is 0 Å². The van der Waals surface area contributed by atoms with Crippen molar-refractivity contribution in [1.82, 2.24) is 10.6 Å². The van der Waals surface area contributed by atoms with E-state index in [-0.39, 0.29) is 0 Å². The average molecular weight is 685 g/mol. The molecule has 2 amide bonds. The Kier molecular flexibility index (Phi) is 12.1. The Bertz CT molecular complexity index is 1600. The number of rotatable bonds is 11.